The predicted octanol–water partition coefficient (Wildman–Crippen LogP) is 2.90. The van der Waals surface area contributed by atoms with Gasteiger partial charge in [0.1, 0.15) is 5.70 Å². The van der Waals surface area contributed by atoms with Gasteiger partial charge in [0.05, 0.1) is 4.92 Å². The molecule has 1 aromatic carbocycles. The van der Waals surface area contributed by atoms with Gasteiger partial charge in [0.15, 0.2) is 5.78 Å². The van der Waals surface area contributed by atoms with E-state index in [1.165, 1.54) is 18.2 Å². The molecule has 0 saturated carbocycles. The number of allylic oxidation sites excluding steroid dienone is 1. The fourth-order valence-electron chi connectivity index (χ4n) is 1.50. The molecular formula is C15H18N2O5. The number of carbonyl (C=O) groups excluding carboxylic acids is 1. The second-order valence-electron chi connectivity index (χ2n) is 5.86. The van der Waals surface area contributed by atoms with E-state index in [0.29, 0.717) is 5.56 Å². The molecule has 0 aliphatic rings. The highest BCUT2D eigenvalue weighted by atomic mass is 16.6. The number of aryl methyl sites for hydroxylation is 1. The van der Waals surface area contributed by atoms with E-state index in [1.807, 2.05) is 0 Å². The van der Waals surface area contributed by atoms with Crippen LogP contribution in [0.3, 0.4) is 0 Å². The highest BCUT2D eigenvalue weighted by Gasteiger charge is 2.22. The van der Waals surface area contributed by atoms with E-state index < -0.39 is 16.3 Å². The van der Waals surface area contributed by atoms with Crippen LogP contribution in [0.5, 0.6) is 0 Å². The number of aliphatic carboxylic acids is 1. The van der Waals surface area contributed by atoms with E-state index >= 15 is 0 Å². The molecule has 0 aliphatic carbocycles. The molecule has 0 saturated heterocycles. The van der Waals surface area contributed by atoms with Gasteiger partial charge in [-0.15, -0.1) is 0 Å². The summed E-state index contributed by atoms with van der Waals surface area (Å²) in [4.78, 5) is 33.4. The minimum atomic E-state index is -1.32. The lowest BCUT2D eigenvalue weighted by molar-refractivity contribution is -0.384. The van der Waals surface area contributed by atoms with E-state index in [0.717, 1.165) is 6.08 Å². The van der Waals surface area contributed by atoms with Gasteiger partial charge >= 0.3 is 5.97 Å². The Kier molecular flexibility index (Phi) is 5.03. The van der Waals surface area contributed by atoms with Crippen LogP contribution in [0.2, 0.25) is 0 Å². The number of ketones is 1. The lowest BCUT2D eigenvalue weighted by Gasteiger charge is -2.15. The molecule has 0 aromatic heterocycles. The van der Waals surface area contributed by atoms with Gasteiger partial charge in [-0.2, -0.15) is 0 Å². The Balaban J connectivity index is 3.20. The molecule has 0 unspecified atom stereocenters. The summed E-state index contributed by atoms with van der Waals surface area (Å²) in [5, 5.41) is 22.6. The number of nitrogens with one attached hydrogen (secondary N) is 1. The van der Waals surface area contributed by atoms with Gasteiger partial charge in [-0.05, 0) is 12.5 Å². The van der Waals surface area contributed by atoms with Crippen LogP contribution < -0.4 is 5.32 Å². The third-order valence-corrected chi connectivity index (χ3v) is 2.95. The van der Waals surface area contributed by atoms with Gasteiger partial charge in [0.25, 0.3) is 5.69 Å². The first-order valence-electron chi connectivity index (χ1n) is 6.54. The molecule has 118 valence electrons. The third-order valence-electron chi connectivity index (χ3n) is 2.95. The number of carbonyl (C=O) groups is 2. The summed E-state index contributed by atoms with van der Waals surface area (Å²) >= 11 is 0. The molecule has 0 fully saturated rings. The molecule has 0 heterocycles. The number of benzene rings is 1. The summed E-state index contributed by atoms with van der Waals surface area (Å²) in [5.41, 5.74) is -0.325. The van der Waals surface area contributed by atoms with Crippen molar-refractivity contribution in [3.8, 4) is 0 Å². The van der Waals surface area contributed by atoms with Gasteiger partial charge in [0, 0.05) is 29.3 Å². The first kappa shape index (κ1) is 17.4. The number of carboxylic acid groups (broad SMARTS) is 1. The van der Waals surface area contributed by atoms with Crippen molar-refractivity contribution in [1.82, 2.24) is 0 Å². The van der Waals surface area contributed by atoms with Crippen molar-refractivity contribution in [2.75, 3.05) is 5.32 Å². The highest BCUT2D eigenvalue weighted by molar-refractivity contribution is 6.02. The number of hydrogen-bond donors (Lipinski definition) is 2. The second-order valence-corrected chi connectivity index (χ2v) is 5.86. The van der Waals surface area contributed by atoms with Gasteiger partial charge in [0.2, 0.25) is 0 Å². The molecule has 0 spiro atoms. The maximum atomic E-state index is 11.9. The molecule has 7 nitrogen and oxygen atoms in total. The lowest BCUT2D eigenvalue weighted by atomic mass is 9.90. The molecule has 22 heavy (non-hydrogen) atoms. The van der Waals surface area contributed by atoms with E-state index in [1.54, 1.807) is 27.7 Å². The fraction of sp³-hybridized carbons (Fsp3) is 0.333. The van der Waals surface area contributed by atoms with Crippen LogP contribution in [0.15, 0.2) is 30.0 Å². The molecule has 0 atom stereocenters. The maximum absolute atomic E-state index is 11.9. The molecule has 0 radical (unpaired) electrons. The van der Waals surface area contributed by atoms with E-state index in [4.69, 9.17) is 0 Å². The van der Waals surface area contributed by atoms with Gasteiger partial charge in [-0.1, -0.05) is 26.8 Å². The van der Waals surface area contributed by atoms with Crippen LogP contribution in [0, 0.1) is 22.5 Å². The Morgan fingerprint density at radius 2 is 1.91 bits per heavy atom. The first-order valence-corrected chi connectivity index (χ1v) is 6.54. The Hall–Kier alpha value is -2.70. The number of nitrogens with zero attached hydrogens (tertiary/aromatic N) is 1. The summed E-state index contributed by atoms with van der Waals surface area (Å²) < 4.78 is 0. The van der Waals surface area contributed by atoms with Gasteiger partial charge in [-0.3, -0.25) is 14.9 Å². The third kappa shape index (κ3) is 4.41. The second kappa shape index (κ2) is 6.38. The molecule has 1 aromatic rings. The van der Waals surface area contributed by atoms with Crippen molar-refractivity contribution in [1.29, 1.82) is 0 Å². The van der Waals surface area contributed by atoms with Crippen LogP contribution in [0.4, 0.5) is 11.4 Å². The molecule has 2 N–H and O–H groups in total. The first-order chi connectivity index (χ1) is 10.0. The minimum Gasteiger partial charge on any atom is -0.477 e. The number of non-ortho nitro benzene ring substituents is 1. The predicted molar refractivity (Wildman–Crippen MR) is 81.6 cm³/mol. The van der Waals surface area contributed by atoms with E-state index in [2.05, 4.69) is 5.32 Å². The Morgan fingerprint density at radius 1 is 1.32 bits per heavy atom. The van der Waals surface area contributed by atoms with Crippen molar-refractivity contribution in [2.45, 2.75) is 27.7 Å². The summed E-state index contributed by atoms with van der Waals surface area (Å²) in [7, 11) is 0. The normalized spacial score (nSPS) is 11.9. The van der Waals surface area contributed by atoms with Crippen LogP contribution in [-0.4, -0.2) is 21.8 Å². The number of rotatable bonds is 5. The van der Waals surface area contributed by atoms with Crippen molar-refractivity contribution in [3.63, 3.8) is 0 Å². The van der Waals surface area contributed by atoms with Crippen LogP contribution in [0.25, 0.3) is 0 Å². The molecule has 0 bridgehead atoms. The number of hydrogen-bond acceptors (Lipinski definition) is 5. The van der Waals surface area contributed by atoms with Gasteiger partial charge < -0.3 is 10.4 Å². The Labute approximate surface area is 127 Å². The molecule has 1 rings (SSSR count). The van der Waals surface area contributed by atoms with Gasteiger partial charge in [-0.25, -0.2) is 4.79 Å². The van der Waals surface area contributed by atoms with Crippen molar-refractivity contribution < 1.29 is 19.6 Å². The van der Waals surface area contributed by atoms with Crippen LogP contribution in [0.1, 0.15) is 26.3 Å². The van der Waals surface area contributed by atoms with Crippen molar-refractivity contribution in [3.05, 3.63) is 45.6 Å². The maximum Gasteiger partial charge on any atom is 0.352 e. The SMILES string of the molecule is Cc1ccc([N+](=O)[O-])cc1NC(=CC(=O)C(C)(C)C)C(=O)O. The number of nitro groups is 1. The lowest BCUT2D eigenvalue weighted by Crippen LogP contribution is -2.21. The number of anilines is 1. The molecular weight excluding hydrogens is 288 g/mol. The fourth-order valence-corrected chi connectivity index (χ4v) is 1.50. The average molecular weight is 306 g/mol. The Morgan fingerprint density at radius 3 is 2.36 bits per heavy atom. The van der Waals surface area contributed by atoms with Crippen LogP contribution in [-0.2, 0) is 9.59 Å². The number of carboxylic acids is 1. The standard InChI is InChI=1S/C15H18N2O5/c1-9-5-6-10(17(21)22)7-11(9)16-12(14(19)20)8-13(18)15(2,3)4/h5-8,16H,1-4H3,(H,19,20). The summed E-state index contributed by atoms with van der Waals surface area (Å²) in [6.45, 7) is 6.69. The zero-order valence-corrected chi connectivity index (χ0v) is 12.8. The monoisotopic (exact) mass is 306 g/mol. The molecule has 0 amide bonds. The van der Waals surface area contributed by atoms with Crippen molar-refractivity contribution in [2.24, 2.45) is 5.41 Å². The smallest absolute Gasteiger partial charge is 0.352 e. The van der Waals surface area contributed by atoms with E-state index in [9.17, 15) is 24.8 Å². The average Bonchev–Trinajstić information content (AvgIpc) is 2.38. The molecule has 0 aliphatic heterocycles. The topological polar surface area (TPSA) is 110 Å². The summed E-state index contributed by atoms with van der Waals surface area (Å²) in [5.74, 6) is -1.68. The summed E-state index contributed by atoms with van der Waals surface area (Å²) in [6, 6.07) is 4.06. The highest BCUT2D eigenvalue weighted by Crippen LogP contribution is 2.24. The van der Waals surface area contributed by atoms with Crippen LogP contribution >= 0.6 is 0 Å². The largest absolute Gasteiger partial charge is 0.477 e. The molecule has 7 heteroatoms. The summed E-state index contributed by atoms with van der Waals surface area (Å²) in [6.07, 6.45) is 1.00. The Bertz CT molecular complexity index is 656. The van der Waals surface area contributed by atoms with E-state index in [-0.39, 0.29) is 22.9 Å². The minimum absolute atomic E-state index is 0.167. The zero-order chi connectivity index (χ0) is 17.1. The van der Waals surface area contributed by atoms with Crippen molar-refractivity contribution >= 4 is 23.1 Å². The zero-order valence-electron chi connectivity index (χ0n) is 12.8. The quantitative estimate of drug-likeness (QED) is 0.491. The number of nitro benzene ring substituents is 1.